The number of halogens is 1. The van der Waals surface area contributed by atoms with Gasteiger partial charge >= 0.3 is 6.09 Å². The molecule has 1 fully saturated rings. The highest BCUT2D eigenvalue weighted by Gasteiger charge is 2.35. The van der Waals surface area contributed by atoms with Crippen LogP contribution in [0.4, 0.5) is 9.18 Å². The van der Waals surface area contributed by atoms with Crippen LogP contribution in [-0.2, 0) is 22.5 Å². The van der Waals surface area contributed by atoms with Crippen LogP contribution in [0.5, 0.6) is 0 Å². The lowest BCUT2D eigenvalue weighted by atomic mass is 9.84. The lowest BCUT2D eigenvalue weighted by Crippen LogP contribution is -2.51. The van der Waals surface area contributed by atoms with Gasteiger partial charge in [-0.2, -0.15) is 0 Å². The normalized spacial score (nSPS) is 18.6. The molecule has 1 aromatic carbocycles. The fraction of sp³-hybridized carbons (Fsp3) is 0.621. The number of carbonyl (C=O) groups is 3. The van der Waals surface area contributed by atoms with Crippen molar-refractivity contribution in [3.63, 3.8) is 0 Å². The molecular formula is C29H40FN3O5. The van der Waals surface area contributed by atoms with Crippen LogP contribution in [0.1, 0.15) is 68.9 Å². The Kier molecular flexibility index (Phi) is 8.88. The summed E-state index contributed by atoms with van der Waals surface area (Å²) in [7, 11) is 0. The average molecular weight is 530 g/mol. The number of fused-ring (bicyclic) bond motifs is 3. The van der Waals surface area contributed by atoms with E-state index in [2.05, 4.69) is 9.47 Å². The molecule has 208 valence electrons. The maximum atomic E-state index is 14.3. The van der Waals surface area contributed by atoms with Crippen LogP contribution in [0, 0.1) is 11.7 Å². The first-order valence-corrected chi connectivity index (χ1v) is 13.7. The van der Waals surface area contributed by atoms with Gasteiger partial charge in [-0.3, -0.25) is 14.5 Å². The Morgan fingerprint density at radius 1 is 1.11 bits per heavy atom. The van der Waals surface area contributed by atoms with E-state index in [-0.39, 0.29) is 29.4 Å². The second-order valence-electron chi connectivity index (χ2n) is 11.5. The van der Waals surface area contributed by atoms with Crippen LogP contribution in [0.2, 0.25) is 0 Å². The second kappa shape index (κ2) is 11.9. The van der Waals surface area contributed by atoms with Gasteiger partial charge in [0.15, 0.2) is 11.6 Å². The zero-order chi connectivity index (χ0) is 27.4. The predicted octanol–water partition coefficient (Wildman–Crippen LogP) is 4.20. The molecule has 1 N–H and O–H groups in total. The first-order valence-electron chi connectivity index (χ1n) is 13.7. The van der Waals surface area contributed by atoms with Gasteiger partial charge in [0.1, 0.15) is 18.0 Å². The maximum absolute atomic E-state index is 14.3. The number of hydrogen-bond donors (Lipinski definition) is 1. The minimum Gasteiger partial charge on any atom is -0.444 e. The molecule has 1 aliphatic carbocycles. The van der Waals surface area contributed by atoms with Crippen LogP contribution < -0.4 is 0 Å². The minimum atomic E-state index is -0.530. The number of ether oxygens (including phenoxy) is 1. The van der Waals surface area contributed by atoms with E-state index in [1.54, 1.807) is 11.0 Å². The van der Waals surface area contributed by atoms with Crippen molar-refractivity contribution in [3.05, 3.63) is 35.3 Å². The summed E-state index contributed by atoms with van der Waals surface area (Å²) >= 11 is 0. The molecule has 0 spiro atoms. The predicted molar refractivity (Wildman–Crippen MR) is 143 cm³/mol. The number of aromatic nitrogens is 1. The van der Waals surface area contributed by atoms with Crippen molar-refractivity contribution in [3.8, 4) is 0 Å². The van der Waals surface area contributed by atoms with Gasteiger partial charge in [-0.05, 0) is 64.7 Å². The van der Waals surface area contributed by atoms with Gasteiger partial charge in [0, 0.05) is 73.8 Å². The fourth-order valence-corrected chi connectivity index (χ4v) is 5.59. The number of ketones is 2. The van der Waals surface area contributed by atoms with Gasteiger partial charge in [-0.25, -0.2) is 9.18 Å². The summed E-state index contributed by atoms with van der Waals surface area (Å²) in [5.74, 6) is -0.591. The molecule has 8 nitrogen and oxygen atoms in total. The van der Waals surface area contributed by atoms with Crippen molar-refractivity contribution in [2.75, 3.05) is 39.3 Å². The molecule has 0 radical (unpaired) electrons. The molecule has 1 amide bonds. The number of aliphatic hydroxyl groups is 1. The molecule has 0 saturated carbocycles. The van der Waals surface area contributed by atoms with E-state index >= 15 is 0 Å². The van der Waals surface area contributed by atoms with Crippen LogP contribution in [0.25, 0.3) is 10.9 Å². The average Bonchev–Trinajstić information content (AvgIpc) is 3.17. The molecule has 1 aliphatic heterocycles. The number of benzene rings is 1. The van der Waals surface area contributed by atoms with Crippen molar-refractivity contribution in [2.45, 2.75) is 71.4 Å². The van der Waals surface area contributed by atoms with Crippen LogP contribution in [0.15, 0.2) is 18.2 Å². The van der Waals surface area contributed by atoms with Gasteiger partial charge < -0.3 is 19.3 Å². The summed E-state index contributed by atoms with van der Waals surface area (Å²) in [6.07, 6.45) is 3.96. The molecule has 0 bridgehead atoms. The molecule has 1 unspecified atom stereocenters. The lowest BCUT2D eigenvalue weighted by Gasteiger charge is -2.37. The molecule has 1 atom stereocenters. The van der Waals surface area contributed by atoms with Gasteiger partial charge in [-0.15, -0.1) is 0 Å². The molecule has 4 rings (SSSR count). The maximum Gasteiger partial charge on any atom is 0.410 e. The summed E-state index contributed by atoms with van der Waals surface area (Å²) < 4.78 is 21.9. The lowest BCUT2D eigenvalue weighted by molar-refractivity contribution is -0.121. The third-order valence-electron chi connectivity index (χ3n) is 7.50. The summed E-state index contributed by atoms with van der Waals surface area (Å²) in [5, 5.41) is 9.58. The van der Waals surface area contributed by atoms with Crippen molar-refractivity contribution in [1.29, 1.82) is 0 Å². The van der Waals surface area contributed by atoms with E-state index in [9.17, 15) is 18.8 Å². The summed E-state index contributed by atoms with van der Waals surface area (Å²) in [5.41, 5.74) is 1.98. The third-order valence-corrected chi connectivity index (χ3v) is 7.50. The number of amides is 1. The first-order chi connectivity index (χ1) is 18.1. The van der Waals surface area contributed by atoms with E-state index in [1.807, 2.05) is 20.8 Å². The van der Waals surface area contributed by atoms with Gasteiger partial charge in [0.2, 0.25) is 0 Å². The minimum absolute atomic E-state index is 0.0729. The largest absolute Gasteiger partial charge is 0.444 e. The molecule has 1 saturated heterocycles. The third kappa shape index (κ3) is 6.61. The van der Waals surface area contributed by atoms with Crippen molar-refractivity contribution >= 4 is 28.6 Å². The Morgan fingerprint density at radius 3 is 2.53 bits per heavy atom. The zero-order valence-corrected chi connectivity index (χ0v) is 22.8. The SMILES string of the molecule is CC(C)(C)OC(=O)N1CCN(CC2CCc3c(c4cc(F)ccc4n3CCCCCC(=O)CO)C2=O)CC1. The Labute approximate surface area is 223 Å². The smallest absolute Gasteiger partial charge is 0.410 e. The number of piperazine rings is 1. The summed E-state index contributed by atoms with van der Waals surface area (Å²) in [6, 6.07) is 4.68. The van der Waals surface area contributed by atoms with Gasteiger partial charge in [0.05, 0.1) is 0 Å². The van der Waals surface area contributed by atoms with Crippen LogP contribution in [-0.4, -0.2) is 82.1 Å². The Morgan fingerprint density at radius 2 is 1.84 bits per heavy atom. The van der Waals surface area contributed by atoms with Crippen molar-refractivity contribution in [1.82, 2.24) is 14.4 Å². The highest BCUT2D eigenvalue weighted by molar-refractivity contribution is 6.11. The highest BCUT2D eigenvalue weighted by Crippen LogP contribution is 2.35. The Bertz CT molecular complexity index is 1180. The number of aryl methyl sites for hydroxylation is 1. The monoisotopic (exact) mass is 529 g/mol. The fourth-order valence-electron chi connectivity index (χ4n) is 5.59. The van der Waals surface area contributed by atoms with Gasteiger partial charge in [0.25, 0.3) is 0 Å². The number of unbranched alkanes of at least 4 members (excludes halogenated alkanes) is 2. The number of aliphatic hydroxyl groups excluding tert-OH is 1. The molecular weight excluding hydrogens is 489 g/mol. The number of hydrogen-bond acceptors (Lipinski definition) is 6. The Balaban J connectivity index is 1.42. The van der Waals surface area contributed by atoms with E-state index < -0.39 is 12.2 Å². The topological polar surface area (TPSA) is 92.1 Å². The van der Waals surface area contributed by atoms with Gasteiger partial charge in [-0.1, -0.05) is 6.42 Å². The molecule has 1 aromatic heterocycles. The molecule has 2 aliphatic rings. The van der Waals surface area contributed by atoms with Crippen LogP contribution in [0.3, 0.4) is 0 Å². The molecule has 2 heterocycles. The van der Waals surface area contributed by atoms with E-state index in [4.69, 9.17) is 9.84 Å². The highest BCUT2D eigenvalue weighted by atomic mass is 19.1. The summed E-state index contributed by atoms with van der Waals surface area (Å²) in [4.78, 5) is 41.4. The van der Waals surface area contributed by atoms with Crippen molar-refractivity contribution < 1.29 is 28.6 Å². The van der Waals surface area contributed by atoms with Crippen molar-refractivity contribution in [2.24, 2.45) is 5.92 Å². The van der Waals surface area contributed by atoms with E-state index in [1.165, 1.54) is 12.1 Å². The van der Waals surface area contributed by atoms with Crippen LogP contribution >= 0.6 is 0 Å². The standard InChI is InChI=1S/C29H40FN3O5/c1-29(2,3)38-28(37)32-15-13-31(14-16-32)18-20-8-10-25-26(27(20)36)23-17-21(30)9-11-24(23)33(25)12-6-4-5-7-22(35)19-34/h9,11,17,20,34H,4-8,10,12-16,18-19H2,1-3H3. The second-order valence-corrected chi connectivity index (χ2v) is 11.5. The quantitative estimate of drug-likeness (QED) is 0.490. The number of nitrogens with zero attached hydrogens (tertiary/aromatic N) is 3. The molecule has 9 heteroatoms. The first kappa shape index (κ1) is 28.2. The number of carbonyl (C=O) groups excluding carboxylic acids is 3. The molecule has 2 aromatic rings. The Hall–Kier alpha value is -2.78. The van der Waals surface area contributed by atoms with E-state index in [0.29, 0.717) is 56.6 Å². The number of rotatable bonds is 9. The number of Topliss-reactive ketones (excluding diaryl/α,β-unsaturated/α-hetero) is 2. The summed E-state index contributed by atoms with van der Waals surface area (Å²) in [6.45, 7) is 8.99. The zero-order valence-electron chi connectivity index (χ0n) is 22.8. The van der Waals surface area contributed by atoms with E-state index in [0.717, 1.165) is 43.3 Å². The molecule has 38 heavy (non-hydrogen) atoms.